The van der Waals surface area contributed by atoms with Crippen LogP contribution in [0.15, 0.2) is 30.7 Å². The first kappa shape index (κ1) is 19.2. The van der Waals surface area contributed by atoms with Crippen molar-refractivity contribution in [3.8, 4) is 17.1 Å². The number of nitrogens with one attached hydrogen (secondary N) is 1. The van der Waals surface area contributed by atoms with Gasteiger partial charge in [0.15, 0.2) is 0 Å². The molecule has 2 aromatic rings. The van der Waals surface area contributed by atoms with Gasteiger partial charge < -0.3 is 5.11 Å². The molecular weight excluding hydrogens is 383 g/mol. The molecule has 0 fully saturated rings. The van der Waals surface area contributed by atoms with Gasteiger partial charge in [-0.15, -0.1) is 0 Å². The van der Waals surface area contributed by atoms with Gasteiger partial charge >= 0.3 is 146 Å². The standard InChI is InChI=1S/C17H21AsN4O3/c1-11(2)7-17(3,18)10-25-15-20-8-13(9-21-15)12-4-5-19-14(6-12)22-16(23)24/h4-6,8-9,11H,7,10H2,1-3H3,(H,19,22)(H,23,24). The second-order valence-electron chi connectivity index (χ2n) is 6.50. The molecule has 0 aliphatic carbocycles. The molecule has 0 aromatic carbocycles. The monoisotopic (exact) mass is 404 g/mol. The first-order valence-corrected chi connectivity index (χ1v) is 8.82. The minimum atomic E-state index is -1.16. The van der Waals surface area contributed by atoms with Gasteiger partial charge in [0.1, 0.15) is 0 Å². The second kappa shape index (κ2) is 8.30. The number of hydrogen-bond acceptors (Lipinski definition) is 5. The van der Waals surface area contributed by atoms with E-state index in [1.54, 1.807) is 24.5 Å². The van der Waals surface area contributed by atoms with Crippen LogP contribution in [0.2, 0.25) is 4.20 Å². The summed E-state index contributed by atoms with van der Waals surface area (Å²) < 4.78 is 5.69. The summed E-state index contributed by atoms with van der Waals surface area (Å²) in [7, 11) is 0. The van der Waals surface area contributed by atoms with Crippen molar-refractivity contribution in [2.75, 3.05) is 11.9 Å². The third-order valence-corrected chi connectivity index (χ3v) is 3.97. The average Bonchev–Trinajstić information content (AvgIpc) is 2.52. The fourth-order valence-electron chi connectivity index (χ4n) is 2.49. The Morgan fingerprint density at radius 3 is 2.60 bits per heavy atom. The molecule has 1 amide bonds. The molecule has 0 aliphatic heterocycles. The third-order valence-electron chi connectivity index (χ3n) is 3.32. The van der Waals surface area contributed by atoms with Crippen LogP contribution in [0.5, 0.6) is 6.01 Å². The van der Waals surface area contributed by atoms with E-state index in [0.29, 0.717) is 18.5 Å². The van der Waals surface area contributed by atoms with Gasteiger partial charge in [0, 0.05) is 0 Å². The van der Waals surface area contributed by atoms with E-state index < -0.39 is 6.09 Å². The molecule has 132 valence electrons. The number of nitrogens with zero attached hydrogens (tertiary/aromatic N) is 3. The molecule has 7 nitrogen and oxygen atoms in total. The van der Waals surface area contributed by atoms with Crippen molar-refractivity contribution in [3.63, 3.8) is 0 Å². The van der Waals surface area contributed by atoms with Crippen LogP contribution in [0.4, 0.5) is 10.6 Å². The molecule has 2 radical (unpaired) electrons. The Morgan fingerprint density at radius 1 is 1.32 bits per heavy atom. The van der Waals surface area contributed by atoms with E-state index in [-0.39, 0.29) is 10.0 Å². The van der Waals surface area contributed by atoms with Crippen LogP contribution in [0.25, 0.3) is 11.1 Å². The van der Waals surface area contributed by atoms with Crippen molar-refractivity contribution in [2.24, 2.45) is 5.92 Å². The van der Waals surface area contributed by atoms with E-state index in [2.05, 4.69) is 57.9 Å². The summed E-state index contributed by atoms with van der Waals surface area (Å²) in [6, 6.07) is 3.70. The fourth-order valence-corrected chi connectivity index (χ4v) is 3.39. The van der Waals surface area contributed by atoms with E-state index in [4.69, 9.17) is 9.84 Å². The summed E-state index contributed by atoms with van der Waals surface area (Å²) >= 11 is 2.67. The summed E-state index contributed by atoms with van der Waals surface area (Å²) in [6.45, 7) is 7.01. The Kier molecular flexibility index (Phi) is 6.37. The number of amides is 1. The van der Waals surface area contributed by atoms with Gasteiger partial charge in [0.2, 0.25) is 0 Å². The molecule has 0 aliphatic rings. The maximum atomic E-state index is 10.7. The van der Waals surface area contributed by atoms with E-state index in [9.17, 15) is 4.79 Å². The SMILES string of the molecule is CC(C)CC(C)([As])COc1ncc(-c2ccnc(NC(=O)O)c2)cn1. The quantitative estimate of drug-likeness (QED) is 0.687. The van der Waals surface area contributed by atoms with E-state index >= 15 is 0 Å². The van der Waals surface area contributed by atoms with Crippen LogP contribution in [-0.2, 0) is 0 Å². The van der Waals surface area contributed by atoms with Gasteiger partial charge in [-0.1, -0.05) is 0 Å². The Balaban J connectivity index is 2.03. The number of hydrogen-bond donors (Lipinski definition) is 2. The van der Waals surface area contributed by atoms with Crippen molar-refractivity contribution >= 4 is 28.8 Å². The number of pyridine rings is 1. The molecule has 0 saturated heterocycles. The average molecular weight is 404 g/mol. The first-order chi connectivity index (χ1) is 11.7. The van der Waals surface area contributed by atoms with Gasteiger partial charge in [-0.05, 0) is 0 Å². The molecule has 0 spiro atoms. The predicted octanol–water partition coefficient (Wildman–Crippen LogP) is 3.40. The summed E-state index contributed by atoms with van der Waals surface area (Å²) in [6.07, 6.45) is 4.68. The Bertz CT molecular complexity index is 720. The number of rotatable bonds is 7. The number of carboxylic acid groups (broad SMARTS) is 1. The molecule has 8 heteroatoms. The molecule has 2 N–H and O–H groups in total. The van der Waals surface area contributed by atoms with E-state index in [0.717, 1.165) is 17.5 Å². The van der Waals surface area contributed by atoms with Gasteiger partial charge in [0.05, 0.1) is 0 Å². The molecule has 2 rings (SSSR count). The third kappa shape index (κ3) is 6.35. The Morgan fingerprint density at radius 2 is 2.00 bits per heavy atom. The van der Waals surface area contributed by atoms with Crippen LogP contribution in [-0.4, -0.2) is 49.6 Å². The Hall–Kier alpha value is -2.14. The number of ether oxygens (including phenoxy) is 1. The van der Waals surface area contributed by atoms with Gasteiger partial charge in [-0.3, -0.25) is 0 Å². The summed E-state index contributed by atoms with van der Waals surface area (Å²) in [5.41, 5.74) is 1.52. The first-order valence-electron chi connectivity index (χ1n) is 7.89. The minimum absolute atomic E-state index is 0.00823. The van der Waals surface area contributed by atoms with Crippen molar-refractivity contribution in [3.05, 3.63) is 30.7 Å². The zero-order valence-corrected chi connectivity index (χ0v) is 16.3. The van der Waals surface area contributed by atoms with Crippen molar-refractivity contribution in [1.82, 2.24) is 15.0 Å². The molecule has 25 heavy (non-hydrogen) atoms. The van der Waals surface area contributed by atoms with Crippen LogP contribution in [0, 0.1) is 5.92 Å². The fraction of sp³-hybridized carbons (Fsp3) is 0.412. The molecule has 1 unspecified atom stereocenters. The van der Waals surface area contributed by atoms with Crippen molar-refractivity contribution in [2.45, 2.75) is 31.4 Å². The topological polar surface area (TPSA) is 97.2 Å². The maximum absolute atomic E-state index is 10.7. The summed E-state index contributed by atoms with van der Waals surface area (Å²) in [5.74, 6) is 0.832. The van der Waals surface area contributed by atoms with Crippen molar-refractivity contribution < 1.29 is 14.6 Å². The van der Waals surface area contributed by atoms with Gasteiger partial charge in [0.25, 0.3) is 0 Å². The van der Waals surface area contributed by atoms with Crippen LogP contribution in [0.3, 0.4) is 0 Å². The molecule has 2 heterocycles. The Labute approximate surface area is 155 Å². The zero-order valence-electron chi connectivity index (χ0n) is 14.4. The molecule has 1 atom stereocenters. The number of anilines is 1. The predicted molar refractivity (Wildman–Crippen MR) is 96.0 cm³/mol. The van der Waals surface area contributed by atoms with E-state index in [1.807, 2.05) is 0 Å². The number of carbonyl (C=O) groups is 1. The van der Waals surface area contributed by atoms with Gasteiger partial charge in [-0.2, -0.15) is 0 Å². The molecule has 2 aromatic heterocycles. The normalized spacial score (nSPS) is 13.3. The van der Waals surface area contributed by atoms with Crippen LogP contribution >= 0.6 is 0 Å². The van der Waals surface area contributed by atoms with Crippen molar-refractivity contribution in [1.29, 1.82) is 0 Å². The molecular formula is C17H21AsN4O3. The van der Waals surface area contributed by atoms with E-state index in [1.165, 1.54) is 6.20 Å². The summed E-state index contributed by atoms with van der Waals surface area (Å²) in [5, 5.41) is 11.0. The van der Waals surface area contributed by atoms with Crippen LogP contribution < -0.4 is 10.1 Å². The summed E-state index contributed by atoms with van der Waals surface area (Å²) in [4.78, 5) is 23.1. The van der Waals surface area contributed by atoms with Gasteiger partial charge in [-0.25, -0.2) is 4.79 Å². The number of aromatic nitrogens is 3. The van der Waals surface area contributed by atoms with Crippen LogP contribution in [0.1, 0.15) is 27.2 Å². The molecule has 0 saturated carbocycles. The second-order valence-corrected chi connectivity index (χ2v) is 8.76. The zero-order chi connectivity index (χ0) is 18.4. The molecule has 0 bridgehead atoms.